The Kier molecular flexibility index (Phi) is 5.89. The zero-order chi connectivity index (χ0) is 15.9. The largest absolute Gasteiger partial charge is 0.482 e. The van der Waals surface area contributed by atoms with E-state index in [-0.39, 0.29) is 5.91 Å². The molecule has 0 fully saturated rings. The Hall–Kier alpha value is -1.95. The van der Waals surface area contributed by atoms with Crippen molar-refractivity contribution in [3.8, 4) is 15.8 Å². The van der Waals surface area contributed by atoms with Crippen LogP contribution in [-0.2, 0) is 0 Å². The molecule has 0 bridgehead atoms. The van der Waals surface area contributed by atoms with Gasteiger partial charge >= 0.3 is 0 Å². The predicted octanol–water partition coefficient (Wildman–Crippen LogP) is 3.48. The molecule has 0 spiro atoms. The minimum Gasteiger partial charge on any atom is -0.482 e. The number of aromatic nitrogens is 2. The van der Waals surface area contributed by atoms with Crippen LogP contribution in [0.15, 0.2) is 24.4 Å². The molecule has 0 radical (unpaired) electrons. The molecule has 0 aromatic carbocycles. The molecule has 1 amide bonds. The first kappa shape index (κ1) is 16.4. The van der Waals surface area contributed by atoms with E-state index in [2.05, 4.69) is 9.97 Å². The highest BCUT2D eigenvalue weighted by molar-refractivity contribution is 7.17. The fraction of sp³-hybridized carbons (Fsp3) is 0.438. The lowest BCUT2D eigenvalue weighted by atomic mass is 10.3. The van der Waals surface area contributed by atoms with Gasteiger partial charge in [-0.05, 0) is 32.4 Å². The number of thiazole rings is 1. The second kappa shape index (κ2) is 7.89. The van der Waals surface area contributed by atoms with Gasteiger partial charge in [0, 0.05) is 19.3 Å². The molecule has 0 unspecified atom stereocenters. The van der Waals surface area contributed by atoms with Gasteiger partial charge in [-0.15, -0.1) is 0 Å². The molecule has 0 saturated carbocycles. The number of carbonyl (C=O) groups excluding carboxylic acids is 1. The first-order chi connectivity index (χ1) is 10.7. The van der Waals surface area contributed by atoms with Crippen LogP contribution >= 0.6 is 11.3 Å². The monoisotopic (exact) mass is 319 g/mol. The lowest BCUT2D eigenvalue weighted by Crippen LogP contribution is -2.31. The van der Waals surface area contributed by atoms with E-state index >= 15 is 0 Å². The predicted molar refractivity (Wildman–Crippen MR) is 88.4 cm³/mol. The Balaban J connectivity index is 2.38. The third-order valence-corrected chi connectivity index (χ3v) is 4.16. The molecule has 2 aromatic heterocycles. The lowest BCUT2D eigenvalue weighted by molar-refractivity contribution is 0.0764. The third-order valence-electron chi connectivity index (χ3n) is 3.17. The van der Waals surface area contributed by atoms with E-state index in [1.807, 2.05) is 39.0 Å². The van der Waals surface area contributed by atoms with Crippen LogP contribution in [0.25, 0.3) is 10.7 Å². The van der Waals surface area contributed by atoms with Gasteiger partial charge in [-0.3, -0.25) is 9.78 Å². The van der Waals surface area contributed by atoms with E-state index in [4.69, 9.17) is 4.74 Å². The van der Waals surface area contributed by atoms with Crippen molar-refractivity contribution in [2.75, 3.05) is 19.7 Å². The van der Waals surface area contributed by atoms with Gasteiger partial charge in [-0.1, -0.05) is 24.3 Å². The zero-order valence-corrected chi connectivity index (χ0v) is 14.0. The van der Waals surface area contributed by atoms with Crippen molar-refractivity contribution in [2.45, 2.75) is 27.2 Å². The van der Waals surface area contributed by atoms with Crippen molar-refractivity contribution in [2.24, 2.45) is 0 Å². The molecular weight excluding hydrogens is 298 g/mol. The minimum absolute atomic E-state index is 0.0884. The van der Waals surface area contributed by atoms with Crippen LogP contribution in [0.2, 0.25) is 0 Å². The Bertz CT molecular complexity index is 609. The number of nitrogens with zero attached hydrogens (tertiary/aromatic N) is 3. The van der Waals surface area contributed by atoms with E-state index < -0.39 is 0 Å². The van der Waals surface area contributed by atoms with Gasteiger partial charge in [0.15, 0.2) is 5.69 Å². The maximum absolute atomic E-state index is 12.6. The van der Waals surface area contributed by atoms with Crippen molar-refractivity contribution >= 4 is 17.2 Å². The van der Waals surface area contributed by atoms with Crippen LogP contribution in [0.4, 0.5) is 0 Å². The van der Waals surface area contributed by atoms with Gasteiger partial charge in [-0.25, -0.2) is 4.98 Å². The summed E-state index contributed by atoms with van der Waals surface area (Å²) in [7, 11) is 0. The summed E-state index contributed by atoms with van der Waals surface area (Å²) in [5.41, 5.74) is 1.15. The summed E-state index contributed by atoms with van der Waals surface area (Å²) in [6, 6.07) is 5.64. The fourth-order valence-electron chi connectivity index (χ4n) is 1.99. The van der Waals surface area contributed by atoms with E-state index in [1.54, 1.807) is 11.1 Å². The van der Waals surface area contributed by atoms with Gasteiger partial charge in [0.2, 0.25) is 5.06 Å². The van der Waals surface area contributed by atoms with Gasteiger partial charge in [0.1, 0.15) is 5.01 Å². The number of ether oxygens (including phenoxy) is 1. The van der Waals surface area contributed by atoms with Crippen LogP contribution in [0.5, 0.6) is 5.06 Å². The molecule has 0 saturated heterocycles. The summed E-state index contributed by atoms with van der Waals surface area (Å²) in [6.07, 6.45) is 2.60. The number of amides is 1. The third kappa shape index (κ3) is 3.62. The zero-order valence-electron chi connectivity index (χ0n) is 13.2. The number of pyridine rings is 1. The minimum atomic E-state index is -0.0884. The molecule has 0 N–H and O–H groups in total. The van der Waals surface area contributed by atoms with Crippen molar-refractivity contribution in [3.63, 3.8) is 0 Å². The number of carbonyl (C=O) groups is 1. The quantitative estimate of drug-likeness (QED) is 0.784. The molecule has 2 rings (SSSR count). The number of hydrogen-bond acceptors (Lipinski definition) is 5. The van der Waals surface area contributed by atoms with Crippen LogP contribution in [0.1, 0.15) is 37.7 Å². The molecule has 0 aliphatic rings. The summed E-state index contributed by atoms with van der Waals surface area (Å²) in [5.74, 6) is -0.0884. The molecule has 22 heavy (non-hydrogen) atoms. The Morgan fingerprint density at radius 3 is 2.64 bits per heavy atom. The van der Waals surface area contributed by atoms with Crippen LogP contribution in [-0.4, -0.2) is 40.5 Å². The van der Waals surface area contributed by atoms with Crippen molar-refractivity contribution < 1.29 is 9.53 Å². The summed E-state index contributed by atoms with van der Waals surface area (Å²) < 4.78 is 5.73. The van der Waals surface area contributed by atoms with Gasteiger partial charge in [-0.2, -0.15) is 0 Å². The molecule has 0 aliphatic carbocycles. The second-order valence-electron chi connectivity index (χ2n) is 4.70. The van der Waals surface area contributed by atoms with Gasteiger partial charge in [0.05, 0.1) is 12.3 Å². The molecule has 6 heteroatoms. The van der Waals surface area contributed by atoms with E-state index in [0.717, 1.165) is 12.1 Å². The first-order valence-electron chi connectivity index (χ1n) is 7.55. The Morgan fingerprint density at radius 2 is 2.05 bits per heavy atom. The molecule has 0 atom stereocenters. The van der Waals surface area contributed by atoms with E-state index in [0.29, 0.717) is 35.5 Å². The summed E-state index contributed by atoms with van der Waals surface area (Å²) in [4.78, 5) is 23.1. The molecule has 118 valence electrons. The lowest BCUT2D eigenvalue weighted by Gasteiger charge is -2.17. The van der Waals surface area contributed by atoms with Gasteiger partial charge < -0.3 is 9.64 Å². The van der Waals surface area contributed by atoms with Crippen molar-refractivity contribution in [1.82, 2.24) is 14.9 Å². The summed E-state index contributed by atoms with van der Waals surface area (Å²) >= 11 is 1.38. The molecule has 0 aliphatic heterocycles. The maximum Gasteiger partial charge on any atom is 0.277 e. The van der Waals surface area contributed by atoms with Crippen molar-refractivity contribution in [1.29, 1.82) is 0 Å². The Labute approximate surface area is 135 Å². The summed E-state index contributed by atoms with van der Waals surface area (Å²) in [6.45, 7) is 7.83. The smallest absolute Gasteiger partial charge is 0.277 e. The maximum atomic E-state index is 12.6. The molecule has 2 heterocycles. The SMILES string of the molecule is CCCOc1sc(-c2ccccn2)nc1C(=O)N(CC)CC. The molecule has 2 aromatic rings. The normalized spacial score (nSPS) is 10.5. The van der Waals surface area contributed by atoms with Crippen LogP contribution in [0, 0.1) is 0 Å². The van der Waals surface area contributed by atoms with Crippen LogP contribution in [0.3, 0.4) is 0 Å². The standard InChI is InChI=1S/C16H21N3O2S/c1-4-11-21-16-13(15(20)19(5-2)6-3)18-14(22-16)12-9-7-8-10-17-12/h7-10H,4-6,11H2,1-3H3. The highest BCUT2D eigenvalue weighted by Crippen LogP contribution is 2.34. The average Bonchev–Trinajstić information content (AvgIpc) is 2.99. The van der Waals surface area contributed by atoms with E-state index in [9.17, 15) is 4.79 Å². The highest BCUT2D eigenvalue weighted by Gasteiger charge is 2.24. The highest BCUT2D eigenvalue weighted by atomic mass is 32.1. The van der Waals surface area contributed by atoms with Crippen molar-refractivity contribution in [3.05, 3.63) is 30.1 Å². The molecule has 5 nitrogen and oxygen atoms in total. The Morgan fingerprint density at radius 1 is 1.27 bits per heavy atom. The topological polar surface area (TPSA) is 55.3 Å². The fourth-order valence-corrected chi connectivity index (χ4v) is 2.90. The average molecular weight is 319 g/mol. The van der Waals surface area contributed by atoms with Gasteiger partial charge in [0.25, 0.3) is 5.91 Å². The van der Waals surface area contributed by atoms with Crippen LogP contribution < -0.4 is 4.74 Å². The first-order valence-corrected chi connectivity index (χ1v) is 8.37. The summed E-state index contributed by atoms with van der Waals surface area (Å²) in [5, 5.41) is 1.29. The number of rotatable bonds is 7. The number of hydrogen-bond donors (Lipinski definition) is 0. The molecular formula is C16H21N3O2S. The second-order valence-corrected chi connectivity index (χ2v) is 5.66. The van der Waals surface area contributed by atoms with E-state index in [1.165, 1.54) is 11.3 Å².